The van der Waals surface area contributed by atoms with E-state index in [0.29, 0.717) is 37.4 Å². The number of halogens is 2. The number of carbonyl (C=O) groups is 1. The van der Waals surface area contributed by atoms with Crippen molar-refractivity contribution in [2.45, 2.75) is 57.3 Å². The van der Waals surface area contributed by atoms with Crippen molar-refractivity contribution in [2.75, 3.05) is 0 Å². The highest BCUT2D eigenvalue weighted by molar-refractivity contribution is 5.75. The van der Waals surface area contributed by atoms with Crippen LogP contribution in [0.5, 0.6) is 0 Å². The molecule has 1 aromatic rings. The summed E-state index contributed by atoms with van der Waals surface area (Å²) in [5, 5.41) is 3.75. The van der Waals surface area contributed by atoms with Crippen LogP contribution in [0.2, 0.25) is 0 Å². The minimum absolute atomic E-state index is 0.0407. The lowest BCUT2D eigenvalue weighted by Gasteiger charge is -2.26. The van der Waals surface area contributed by atoms with E-state index >= 15 is 0 Å². The summed E-state index contributed by atoms with van der Waals surface area (Å²) in [7, 11) is 0. The molecule has 1 aliphatic rings. The molecule has 2 rings (SSSR count). The number of rotatable bonds is 4. The summed E-state index contributed by atoms with van der Waals surface area (Å²) in [6.07, 6.45) is 1.60. The molecule has 6 heteroatoms. The van der Waals surface area contributed by atoms with Gasteiger partial charge in [0.2, 0.25) is 11.8 Å². The number of aromatic nitrogens is 2. The third-order valence-electron chi connectivity index (χ3n) is 3.18. The summed E-state index contributed by atoms with van der Waals surface area (Å²) >= 11 is 0. The van der Waals surface area contributed by atoms with Crippen LogP contribution in [0.4, 0.5) is 8.78 Å². The Hall–Kier alpha value is -1.33. The zero-order chi connectivity index (χ0) is 13.2. The largest absolute Gasteiger partial charge is 0.339 e. The van der Waals surface area contributed by atoms with Crippen LogP contribution in [-0.4, -0.2) is 21.8 Å². The summed E-state index contributed by atoms with van der Waals surface area (Å²) in [5.74, 6) is -2.20. The number of hydrogen-bond acceptors (Lipinski definition) is 4. The van der Waals surface area contributed by atoms with Gasteiger partial charge in [0.15, 0.2) is 5.82 Å². The van der Waals surface area contributed by atoms with E-state index < -0.39 is 5.92 Å². The standard InChI is InChI=1S/C12H16F2N2O2/c1-8(17)4-5-10-15-11(16-18-10)9-3-2-6-12(13,14)7-9/h9H,2-7H2,1H3. The molecule has 1 aromatic heterocycles. The van der Waals surface area contributed by atoms with Crippen molar-refractivity contribution in [3.05, 3.63) is 11.7 Å². The minimum Gasteiger partial charge on any atom is -0.339 e. The van der Waals surface area contributed by atoms with Crippen molar-refractivity contribution in [3.63, 3.8) is 0 Å². The Bertz CT molecular complexity index is 431. The number of aryl methyl sites for hydroxylation is 1. The van der Waals surface area contributed by atoms with E-state index in [-0.39, 0.29) is 24.5 Å². The fraction of sp³-hybridized carbons (Fsp3) is 0.750. The first kappa shape index (κ1) is 13.1. The molecule has 1 unspecified atom stereocenters. The molecule has 0 radical (unpaired) electrons. The Morgan fingerprint density at radius 3 is 3.00 bits per heavy atom. The number of ketones is 1. The maximum Gasteiger partial charge on any atom is 0.248 e. The molecular formula is C12H16F2N2O2. The quantitative estimate of drug-likeness (QED) is 0.833. The lowest BCUT2D eigenvalue weighted by atomic mass is 9.86. The Kier molecular flexibility index (Phi) is 3.73. The summed E-state index contributed by atoms with van der Waals surface area (Å²) < 4.78 is 31.5. The van der Waals surface area contributed by atoms with Crippen molar-refractivity contribution in [1.82, 2.24) is 10.1 Å². The van der Waals surface area contributed by atoms with Gasteiger partial charge >= 0.3 is 0 Å². The van der Waals surface area contributed by atoms with Crippen molar-refractivity contribution in [3.8, 4) is 0 Å². The Balaban J connectivity index is 1.99. The molecule has 1 fully saturated rings. The van der Waals surface area contributed by atoms with Gasteiger partial charge in [-0.1, -0.05) is 5.16 Å². The van der Waals surface area contributed by atoms with Gasteiger partial charge in [-0.25, -0.2) is 8.78 Å². The van der Waals surface area contributed by atoms with Crippen molar-refractivity contribution in [2.24, 2.45) is 0 Å². The van der Waals surface area contributed by atoms with Gasteiger partial charge in [0.05, 0.1) is 0 Å². The third kappa shape index (κ3) is 3.34. The molecule has 0 saturated heterocycles. The third-order valence-corrected chi connectivity index (χ3v) is 3.18. The van der Waals surface area contributed by atoms with Crippen molar-refractivity contribution in [1.29, 1.82) is 0 Å². The molecule has 1 aliphatic carbocycles. The Morgan fingerprint density at radius 2 is 2.33 bits per heavy atom. The smallest absolute Gasteiger partial charge is 0.248 e. The van der Waals surface area contributed by atoms with Gasteiger partial charge in [-0.05, 0) is 19.8 Å². The summed E-state index contributed by atoms with van der Waals surface area (Å²) in [6, 6.07) is 0. The van der Waals surface area contributed by atoms with E-state index in [0.717, 1.165) is 0 Å². The molecule has 1 saturated carbocycles. The minimum atomic E-state index is -2.62. The Morgan fingerprint density at radius 1 is 1.56 bits per heavy atom. The molecule has 0 aromatic carbocycles. The summed E-state index contributed by atoms with van der Waals surface area (Å²) in [5.41, 5.74) is 0. The maximum atomic E-state index is 13.3. The summed E-state index contributed by atoms with van der Waals surface area (Å²) in [4.78, 5) is 14.9. The lowest BCUT2D eigenvalue weighted by Crippen LogP contribution is -2.25. The van der Waals surface area contributed by atoms with E-state index in [1.807, 2.05) is 0 Å². The second-order valence-electron chi connectivity index (χ2n) is 4.90. The van der Waals surface area contributed by atoms with E-state index in [9.17, 15) is 13.6 Å². The monoisotopic (exact) mass is 258 g/mol. The molecular weight excluding hydrogens is 242 g/mol. The second kappa shape index (κ2) is 5.12. The van der Waals surface area contributed by atoms with Crippen LogP contribution in [0.25, 0.3) is 0 Å². The average molecular weight is 258 g/mol. The van der Waals surface area contributed by atoms with Crippen LogP contribution >= 0.6 is 0 Å². The fourth-order valence-electron chi connectivity index (χ4n) is 2.21. The maximum absolute atomic E-state index is 13.3. The highest BCUT2D eigenvalue weighted by Gasteiger charge is 2.38. The highest BCUT2D eigenvalue weighted by Crippen LogP contribution is 2.40. The predicted octanol–water partition coefficient (Wildman–Crippen LogP) is 2.88. The number of alkyl halides is 2. The molecule has 100 valence electrons. The zero-order valence-electron chi connectivity index (χ0n) is 10.3. The van der Waals surface area contributed by atoms with Crippen molar-refractivity contribution >= 4 is 5.78 Å². The molecule has 1 atom stereocenters. The van der Waals surface area contributed by atoms with Crippen LogP contribution < -0.4 is 0 Å². The van der Waals surface area contributed by atoms with Gasteiger partial charge in [0.1, 0.15) is 5.78 Å². The zero-order valence-corrected chi connectivity index (χ0v) is 10.3. The van der Waals surface area contributed by atoms with E-state index in [1.54, 1.807) is 0 Å². The second-order valence-corrected chi connectivity index (χ2v) is 4.90. The Labute approximate surface area is 104 Å². The normalized spacial score (nSPS) is 22.9. The SMILES string of the molecule is CC(=O)CCc1nc(C2CCCC(F)(F)C2)no1. The van der Waals surface area contributed by atoms with Gasteiger partial charge in [0.25, 0.3) is 0 Å². The van der Waals surface area contributed by atoms with Crippen LogP contribution in [0.1, 0.15) is 56.7 Å². The summed E-state index contributed by atoms with van der Waals surface area (Å²) in [6.45, 7) is 1.49. The molecule has 0 spiro atoms. The van der Waals surface area contributed by atoms with E-state index in [4.69, 9.17) is 4.52 Å². The van der Waals surface area contributed by atoms with Gasteiger partial charge in [0, 0.05) is 31.6 Å². The molecule has 0 N–H and O–H groups in total. The molecule has 0 bridgehead atoms. The van der Waals surface area contributed by atoms with Crippen LogP contribution in [0, 0.1) is 0 Å². The molecule has 4 nitrogen and oxygen atoms in total. The number of hydrogen-bond donors (Lipinski definition) is 0. The average Bonchev–Trinajstić information content (AvgIpc) is 2.73. The van der Waals surface area contributed by atoms with Crippen LogP contribution in [-0.2, 0) is 11.2 Å². The fourth-order valence-corrected chi connectivity index (χ4v) is 2.21. The predicted molar refractivity (Wildman–Crippen MR) is 59.5 cm³/mol. The van der Waals surface area contributed by atoms with Gasteiger partial charge in [-0.15, -0.1) is 0 Å². The van der Waals surface area contributed by atoms with Crippen LogP contribution in [0.15, 0.2) is 4.52 Å². The van der Waals surface area contributed by atoms with E-state index in [2.05, 4.69) is 10.1 Å². The lowest BCUT2D eigenvalue weighted by molar-refractivity contribution is -0.117. The van der Waals surface area contributed by atoms with E-state index in [1.165, 1.54) is 6.92 Å². The topological polar surface area (TPSA) is 56.0 Å². The van der Waals surface area contributed by atoms with Gasteiger partial charge in [-0.2, -0.15) is 4.98 Å². The molecule has 0 amide bonds. The molecule has 18 heavy (non-hydrogen) atoms. The molecule has 1 heterocycles. The number of nitrogens with zero attached hydrogens (tertiary/aromatic N) is 2. The van der Waals surface area contributed by atoms with Crippen molar-refractivity contribution < 1.29 is 18.1 Å². The van der Waals surface area contributed by atoms with Crippen LogP contribution in [0.3, 0.4) is 0 Å². The van der Waals surface area contributed by atoms with Gasteiger partial charge < -0.3 is 9.32 Å². The first-order valence-corrected chi connectivity index (χ1v) is 6.16. The first-order chi connectivity index (χ1) is 8.46. The number of Topliss-reactive ketones (excluding diaryl/α,β-unsaturated/α-hetero) is 1. The molecule has 0 aliphatic heterocycles. The first-order valence-electron chi connectivity index (χ1n) is 6.16. The highest BCUT2D eigenvalue weighted by atomic mass is 19.3. The van der Waals surface area contributed by atoms with Gasteiger partial charge in [-0.3, -0.25) is 0 Å². The number of carbonyl (C=O) groups excluding carboxylic acids is 1.